The average Bonchev–Trinajstić information content (AvgIpc) is 2.75. The Morgan fingerprint density at radius 2 is 1.65 bits per heavy atom. The fraction of sp³-hybridized carbons (Fsp3) is 0.500. The summed E-state index contributed by atoms with van der Waals surface area (Å²) in [6.45, 7) is -0.698. The van der Waals surface area contributed by atoms with Gasteiger partial charge in [-0.25, -0.2) is 4.79 Å². The minimum atomic E-state index is -1.37. The lowest BCUT2D eigenvalue weighted by molar-refractivity contribution is -0.142. The van der Waals surface area contributed by atoms with E-state index in [9.17, 15) is 29.4 Å². The molecule has 0 fully saturated rings. The van der Waals surface area contributed by atoms with Crippen molar-refractivity contribution < 1.29 is 29.4 Å². The number of carbonyl (C=O) groups is 4. The molecule has 0 radical (unpaired) electrons. The molecule has 0 bridgehead atoms. The molecule has 3 unspecified atom stereocenters. The number of hydrogen-bond donors (Lipinski definition) is 7. The van der Waals surface area contributed by atoms with E-state index in [1.165, 1.54) is 0 Å². The van der Waals surface area contributed by atoms with Crippen molar-refractivity contribution in [1.82, 2.24) is 16.0 Å². The first-order valence-electron chi connectivity index (χ1n) is 9.99. The second-order valence-electron chi connectivity index (χ2n) is 7.00. The summed E-state index contributed by atoms with van der Waals surface area (Å²) in [6, 6.07) is 5.29. The maximum atomic E-state index is 12.3. The molecule has 3 amide bonds. The highest BCUT2D eigenvalue weighted by molar-refractivity contribution is 5.92. The molecule has 0 saturated carbocycles. The molecule has 1 aromatic carbocycles. The van der Waals surface area contributed by atoms with E-state index in [1.807, 2.05) is 0 Å². The second-order valence-corrected chi connectivity index (χ2v) is 7.00. The Labute approximate surface area is 180 Å². The average molecular weight is 437 g/mol. The summed E-state index contributed by atoms with van der Waals surface area (Å²) in [4.78, 5) is 47.7. The Bertz CT molecular complexity index is 730. The lowest BCUT2D eigenvalue weighted by Crippen LogP contribution is -2.55. The first-order chi connectivity index (χ1) is 14.8. The summed E-state index contributed by atoms with van der Waals surface area (Å²) >= 11 is 0. The molecule has 0 aliphatic heterocycles. The van der Waals surface area contributed by atoms with E-state index in [4.69, 9.17) is 11.5 Å². The number of rotatable bonds is 14. The first kappa shape index (κ1) is 26.0. The molecule has 0 aliphatic rings. The number of carboxylic acids is 1. The normalized spacial score (nSPS) is 13.5. The van der Waals surface area contributed by atoms with E-state index in [-0.39, 0.29) is 6.42 Å². The van der Waals surface area contributed by atoms with Crippen molar-refractivity contribution in [3.05, 3.63) is 35.9 Å². The Morgan fingerprint density at radius 1 is 0.968 bits per heavy atom. The largest absolute Gasteiger partial charge is 0.480 e. The highest BCUT2D eigenvalue weighted by Crippen LogP contribution is 2.04. The van der Waals surface area contributed by atoms with Crippen molar-refractivity contribution in [1.29, 1.82) is 0 Å². The zero-order valence-corrected chi connectivity index (χ0v) is 17.3. The van der Waals surface area contributed by atoms with E-state index in [0.717, 1.165) is 6.42 Å². The third-order valence-electron chi connectivity index (χ3n) is 4.46. The summed E-state index contributed by atoms with van der Waals surface area (Å²) in [5.41, 5.74) is 11.8. The van der Waals surface area contributed by atoms with Crippen molar-refractivity contribution in [3.8, 4) is 0 Å². The van der Waals surface area contributed by atoms with E-state index in [0.29, 0.717) is 24.9 Å². The predicted molar refractivity (Wildman–Crippen MR) is 113 cm³/mol. The van der Waals surface area contributed by atoms with Gasteiger partial charge < -0.3 is 37.6 Å². The van der Waals surface area contributed by atoms with Crippen LogP contribution in [-0.4, -0.2) is 71.7 Å². The number of nitrogens with two attached hydrogens (primary N) is 2. The molecule has 0 heterocycles. The molecule has 1 aromatic rings. The number of aliphatic hydroxyl groups is 1. The summed E-state index contributed by atoms with van der Waals surface area (Å²) < 4.78 is 0. The second kappa shape index (κ2) is 14.1. The van der Waals surface area contributed by atoms with Crippen molar-refractivity contribution in [3.63, 3.8) is 0 Å². The van der Waals surface area contributed by atoms with Gasteiger partial charge in [-0.05, 0) is 24.9 Å². The number of unbranched alkanes of at least 4 members (excludes halogenated alkanes) is 1. The van der Waals surface area contributed by atoms with Crippen molar-refractivity contribution in [2.75, 3.05) is 19.7 Å². The van der Waals surface area contributed by atoms with Crippen LogP contribution in [-0.2, 0) is 25.6 Å². The van der Waals surface area contributed by atoms with Crippen LogP contribution in [0.1, 0.15) is 24.8 Å². The van der Waals surface area contributed by atoms with Gasteiger partial charge in [0.2, 0.25) is 17.7 Å². The van der Waals surface area contributed by atoms with Crippen molar-refractivity contribution >= 4 is 23.7 Å². The van der Waals surface area contributed by atoms with Gasteiger partial charge in [0.05, 0.1) is 19.2 Å². The third-order valence-corrected chi connectivity index (χ3v) is 4.46. The number of benzene rings is 1. The molecule has 9 N–H and O–H groups in total. The van der Waals surface area contributed by atoms with Gasteiger partial charge in [-0.15, -0.1) is 0 Å². The van der Waals surface area contributed by atoms with Crippen LogP contribution in [0.25, 0.3) is 0 Å². The van der Waals surface area contributed by atoms with Crippen LogP contribution < -0.4 is 27.4 Å². The molecule has 11 heteroatoms. The topological polar surface area (TPSA) is 197 Å². The first-order valence-corrected chi connectivity index (χ1v) is 9.99. The van der Waals surface area contributed by atoms with Gasteiger partial charge in [-0.1, -0.05) is 36.8 Å². The molecule has 0 aliphatic carbocycles. The van der Waals surface area contributed by atoms with E-state index in [2.05, 4.69) is 16.0 Å². The number of hydrogen-bond acceptors (Lipinski definition) is 7. The lowest BCUT2D eigenvalue weighted by atomic mass is 10.1. The van der Waals surface area contributed by atoms with E-state index < -0.39 is 55.0 Å². The zero-order chi connectivity index (χ0) is 23.2. The van der Waals surface area contributed by atoms with Gasteiger partial charge in [-0.2, -0.15) is 0 Å². The Morgan fingerprint density at radius 3 is 2.23 bits per heavy atom. The van der Waals surface area contributed by atoms with Crippen LogP contribution >= 0.6 is 0 Å². The molecule has 1 rings (SSSR count). The van der Waals surface area contributed by atoms with Crippen LogP contribution in [0.3, 0.4) is 0 Å². The molecule has 0 aromatic heterocycles. The molecule has 172 valence electrons. The minimum absolute atomic E-state index is 0.0338. The Balaban J connectivity index is 2.53. The van der Waals surface area contributed by atoms with Crippen LogP contribution in [0.4, 0.5) is 0 Å². The van der Waals surface area contributed by atoms with Gasteiger partial charge in [-0.3, -0.25) is 14.4 Å². The molecule has 0 spiro atoms. The number of nitrogens with one attached hydrogen (secondary N) is 3. The standard InChI is InChI=1S/C20H31N5O6/c21-9-5-4-8-14(22)18(28)23-11-17(27)24-16(12-26)19(29)25-15(20(30)31)10-13-6-2-1-3-7-13/h1-3,6-7,14-16,26H,4-5,8-12,21-22H2,(H,23,28)(H,24,27)(H,25,29)(H,30,31). The molecular weight excluding hydrogens is 406 g/mol. The summed E-state index contributed by atoms with van der Waals surface area (Å²) in [5, 5.41) is 25.7. The molecule has 3 atom stereocenters. The number of carbonyl (C=O) groups excluding carboxylic acids is 3. The van der Waals surface area contributed by atoms with Gasteiger partial charge in [0.15, 0.2) is 0 Å². The molecular formula is C20H31N5O6. The smallest absolute Gasteiger partial charge is 0.326 e. The maximum absolute atomic E-state index is 12.3. The maximum Gasteiger partial charge on any atom is 0.326 e. The zero-order valence-electron chi connectivity index (χ0n) is 17.3. The summed E-state index contributed by atoms with van der Waals surface area (Å²) in [6.07, 6.45) is 1.87. The number of amides is 3. The fourth-order valence-electron chi connectivity index (χ4n) is 2.70. The minimum Gasteiger partial charge on any atom is -0.480 e. The molecule has 0 saturated heterocycles. The third kappa shape index (κ3) is 10.0. The monoisotopic (exact) mass is 437 g/mol. The number of aliphatic carboxylic acids is 1. The highest BCUT2D eigenvalue weighted by Gasteiger charge is 2.26. The van der Waals surface area contributed by atoms with Gasteiger partial charge in [0.25, 0.3) is 0 Å². The number of carboxylic acid groups (broad SMARTS) is 1. The van der Waals surface area contributed by atoms with Crippen LogP contribution in [0.5, 0.6) is 0 Å². The summed E-state index contributed by atoms with van der Waals surface area (Å²) in [7, 11) is 0. The predicted octanol–water partition coefficient (Wildman–Crippen LogP) is -2.15. The van der Waals surface area contributed by atoms with Gasteiger partial charge in [0, 0.05) is 6.42 Å². The number of aliphatic hydroxyl groups excluding tert-OH is 1. The van der Waals surface area contributed by atoms with Gasteiger partial charge in [0.1, 0.15) is 12.1 Å². The highest BCUT2D eigenvalue weighted by atomic mass is 16.4. The van der Waals surface area contributed by atoms with E-state index in [1.54, 1.807) is 30.3 Å². The lowest BCUT2D eigenvalue weighted by Gasteiger charge is -2.20. The quantitative estimate of drug-likeness (QED) is 0.160. The van der Waals surface area contributed by atoms with Crippen LogP contribution in [0, 0.1) is 0 Å². The fourth-order valence-corrected chi connectivity index (χ4v) is 2.70. The Hall–Kier alpha value is -3.02. The molecule has 11 nitrogen and oxygen atoms in total. The van der Waals surface area contributed by atoms with E-state index >= 15 is 0 Å². The Kier molecular flexibility index (Phi) is 11.8. The van der Waals surface area contributed by atoms with Gasteiger partial charge >= 0.3 is 5.97 Å². The summed E-state index contributed by atoms with van der Waals surface area (Å²) in [5.74, 6) is -3.36. The van der Waals surface area contributed by atoms with Crippen molar-refractivity contribution in [2.45, 2.75) is 43.8 Å². The van der Waals surface area contributed by atoms with Crippen molar-refractivity contribution in [2.24, 2.45) is 11.5 Å². The van der Waals surface area contributed by atoms with Crippen LogP contribution in [0.2, 0.25) is 0 Å². The van der Waals surface area contributed by atoms with Crippen LogP contribution in [0.15, 0.2) is 30.3 Å². The molecule has 31 heavy (non-hydrogen) atoms. The SMILES string of the molecule is NCCCCC(N)C(=O)NCC(=O)NC(CO)C(=O)NC(Cc1ccccc1)C(=O)O.